The minimum Gasteiger partial charge on any atom is -0.397 e. The number of halogens is 1. The van der Waals surface area contributed by atoms with Gasteiger partial charge in [-0.2, -0.15) is 0 Å². The summed E-state index contributed by atoms with van der Waals surface area (Å²) in [5, 5.41) is 2.93. The molecule has 1 aliphatic heterocycles. The largest absolute Gasteiger partial charge is 0.397 e. The Morgan fingerprint density at radius 1 is 1.23 bits per heavy atom. The summed E-state index contributed by atoms with van der Waals surface area (Å²) in [4.78, 5) is 23.9. The first kappa shape index (κ1) is 20.3. The molecule has 3 aromatic rings. The predicted molar refractivity (Wildman–Crippen MR) is 123 cm³/mol. The van der Waals surface area contributed by atoms with Crippen LogP contribution in [-0.2, 0) is 0 Å². The first-order chi connectivity index (χ1) is 14.5. The van der Waals surface area contributed by atoms with Crippen LogP contribution < -0.4 is 21.7 Å². The lowest BCUT2D eigenvalue weighted by Crippen LogP contribution is -2.43. The lowest BCUT2D eigenvalue weighted by atomic mass is 10.1. The molecule has 0 aliphatic carbocycles. The van der Waals surface area contributed by atoms with Gasteiger partial charge in [-0.1, -0.05) is 28.1 Å². The Hall–Kier alpha value is -2.97. The Kier molecular flexibility index (Phi) is 5.96. The highest BCUT2D eigenvalue weighted by atomic mass is 79.9. The van der Waals surface area contributed by atoms with E-state index in [2.05, 4.69) is 36.1 Å². The monoisotopic (exact) mass is 466 g/mol. The van der Waals surface area contributed by atoms with E-state index in [0.29, 0.717) is 17.1 Å². The molecule has 1 fully saturated rings. The van der Waals surface area contributed by atoms with Crippen LogP contribution in [0.1, 0.15) is 23.3 Å². The van der Waals surface area contributed by atoms with Crippen molar-refractivity contribution in [2.45, 2.75) is 18.9 Å². The highest BCUT2D eigenvalue weighted by Gasteiger charge is 2.21. The maximum Gasteiger partial charge on any atom is 0.276 e. The molecule has 3 heterocycles. The van der Waals surface area contributed by atoms with Crippen LogP contribution in [0.3, 0.4) is 0 Å². The van der Waals surface area contributed by atoms with Gasteiger partial charge in [0.1, 0.15) is 0 Å². The van der Waals surface area contributed by atoms with E-state index in [9.17, 15) is 4.79 Å². The fourth-order valence-corrected chi connectivity index (χ4v) is 4.03. The summed E-state index contributed by atoms with van der Waals surface area (Å²) < 4.78 is 0.935. The quantitative estimate of drug-likeness (QED) is 0.540. The predicted octanol–water partition coefficient (Wildman–Crippen LogP) is 3.67. The number of anilines is 3. The molecule has 1 aliphatic rings. The topological polar surface area (TPSA) is 110 Å². The number of carbonyl (C=O) groups excluding carboxylic acids is 1. The molecule has 0 spiro atoms. The van der Waals surface area contributed by atoms with E-state index in [1.807, 2.05) is 30.3 Å². The van der Waals surface area contributed by atoms with E-state index in [1.54, 1.807) is 24.5 Å². The second-order valence-electron chi connectivity index (χ2n) is 7.34. The van der Waals surface area contributed by atoms with Gasteiger partial charge in [0.15, 0.2) is 5.69 Å². The number of benzene rings is 1. The van der Waals surface area contributed by atoms with Crippen molar-refractivity contribution in [3.8, 4) is 11.3 Å². The number of piperidine rings is 1. The number of aromatic nitrogens is 2. The number of pyridine rings is 2. The molecule has 5 N–H and O–H groups in total. The number of nitrogens with two attached hydrogens (primary N) is 2. The van der Waals surface area contributed by atoms with Gasteiger partial charge < -0.3 is 21.7 Å². The summed E-state index contributed by atoms with van der Waals surface area (Å²) in [6.07, 6.45) is 5.37. The smallest absolute Gasteiger partial charge is 0.276 e. The van der Waals surface area contributed by atoms with Gasteiger partial charge >= 0.3 is 0 Å². The molecule has 154 valence electrons. The highest BCUT2D eigenvalue weighted by molar-refractivity contribution is 9.10. The number of hydrogen-bond acceptors (Lipinski definition) is 6. The maximum atomic E-state index is 13.1. The first-order valence-electron chi connectivity index (χ1n) is 9.79. The van der Waals surface area contributed by atoms with E-state index in [1.165, 1.54) is 0 Å². The fourth-order valence-electron chi connectivity index (χ4n) is 3.63. The second kappa shape index (κ2) is 8.81. The van der Waals surface area contributed by atoms with Gasteiger partial charge in [0, 0.05) is 35.4 Å². The number of nitrogen functional groups attached to an aromatic ring is 1. The SMILES string of the molecule is Nc1ccc(-c2cccc(Br)c2)nc1C(=O)Nc1cnccc1N1CCCC(N)C1. The van der Waals surface area contributed by atoms with Crippen LogP contribution in [0.15, 0.2) is 59.3 Å². The van der Waals surface area contributed by atoms with Crippen LogP contribution in [0.4, 0.5) is 17.1 Å². The minimum atomic E-state index is -0.375. The molecule has 0 saturated carbocycles. The van der Waals surface area contributed by atoms with E-state index < -0.39 is 0 Å². The van der Waals surface area contributed by atoms with Crippen molar-refractivity contribution in [1.29, 1.82) is 0 Å². The number of nitrogens with zero attached hydrogens (tertiary/aromatic N) is 3. The van der Waals surface area contributed by atoms with E-state index in [4.69, 9.17) is 11.5 Å². The summed E-state index contributed by atoms with van der Waals surface area (Å²) in [5.74, 6) is -0.375. The number of amides is 1. The number of rotatable bonds is 4. The Labute approximate surface area is 183 Å². The Bertz CT molecular complexity index is 1070. The van der Waals surface area contributed by atoms with Crippen molar-refractivity contribution in [3.63, 3.8) is 0 Å². The van der Waals surface area contributed by atoms with Crippen LogP contribution in [0.2, 0.25) is 0 Å². The molecule has 1 aromatic carbocycles. The van der Waals surface area contributed by atoms with Crippen molar-refractivity contribution in [3.05, 3.63) is 65.0 Å². The van der Waals surface area contributed by atoms with Gasteiger partial charge in [-0.15, -0.1) is 0 Å². The molecule has 0 radical (unpaired) electrons. The standard InChI is InChI=1S/C22H23BrN6O/c23-15-4-1-3-14(11-15)18-7-6-17(25)21(27-18)22(30)28-19-12-26-9-8-20(19)29-10-2-5-16(24)13-29/h1,3-4,6-9,11-12,16H,2,5,10,13,24-25H2,(H,28,30). The van der Waals surface area contributed by atoms with Gasteiger partial charge in [0.05, 0.1) is 29.0 Å². The van der Waals surface area contributed by atoms with E-state index >= 15 is 0 Å². The fraction of sp³-hybridized carbons (Fsp3) is 0.227. The van der Waals surface area contributed by atoms with Crippen molar-refractivity contribution < 1.29 is 4.79 Å². The Morgan fingerprint density at radius 2 is 2.10 bits per heavy atom. The molecular weight excluding hydrogens is 444 g/mol. The summed E-state index contributed by atoms with van der Waals surface area (Å²) in [6.45, 7) is 1.63. The maximum absolute atomic E-state index is 13.1. The molecule has 1 amide bonds. The highest BCUT2D eigenvalue weighted by Crippen LogP contribution is 2.29. The molecule has 1 atom stereocenters. The molecule has 1 saturated heterocycles. The minimum absolute atomic E-state index is 0.120. The van der Waals surface area contributed by atoms with Gasteiger partial charge in [0.2, 0.25) is 0 Å². The molecular formula is C22H23BrN6O. The molecule has 4 rings (SSSR count). The van der Waals surface area contributed by atoms with Crippen LogP contribution >= 0.6 is 15.9 Å². The van der Waals surface area contributed by atoms with Crippen LogP contribution in [0, 0.1) is 0 Å². The zero-order valence-corrected chi connectivity index (χ0v) is 18.0. The van der Waals surface area contributed by atoms with Crippen molar-refractivity contribution in [1.82, 2.24) is 9.97 Å². The van der Waals surface area contributed by atoms with Gasteiger partial charge in [-0.25, -0.2) is 4.98 Å². The normalized spacial score (nSPS) is 16.3. The molecule has 30 heavy (non-hydrogen) atoms. The summed E-state index contributed by atoms with van der Waals surface area (Å²) >= 11 is 3.46. The average molecular weight is 467 g/mol. The third kappa shape index (κ3) is 4.44. The summed E-state index contributed by atoms with van der Waals surface area (Å²) in [6, 6.07) is 13.2. The van der Waals surface area contributed by atoms with Crippen LogP contribution in [-0.4, -0.2) is 35.0 Å². The Balaban J connectivity index is 1.61. The first-order valence-corrected chi connectivity index (χ1v) is 10.6. The third-order valence-electron chi connectivity index (χ3n) is 5.11. The second-order valence-corrected chi connectivity index (χ2v) is 8.26. The Morgan fingerprint density at radius 3 is 2.90 bits per heavy atom. The van der Waals surface area contributed by atoms with Gasteiger partial charge in [0.25, 0.3) is 5.91 Å². The average Bonchev–Trinajstić information content (AvgIpc) is 2.74. The summed E-state index contributed by atoms with van der Waals surface area (Å²) in [7, 11) is 0. The number of carbonyl (C=O) groups is 1. The molecule has 1 unspecified atom stereocenters. The van der Waals surface area contributed by atoms with E-state index in [0.717, 1.165) is 41.7 Å². The molecule has 2 aromatic heterocycles. The van der Waals surface area contributed by atoms with Crippen molar-refractivity contribution >= 4 is 38.9 Å². The number of hydrogen-bond donors (Lipinski definition) is 3. The van der Waals surface area contributed by atoms with Crippen LogP contribution in [0.5, 0.6) is 0 Å². The van der Waals surface area contributed by atoms with E-state index in [-0.39, 0.29) is 17.6 Å². The van der Waals surface area contributed by atoms with Gasteiger partial charge in [-0.3, -0.25) is 9.78 Å². The zero-order valence-electron chi connectivity index (χ0n) is 16.4. The molecule has 7 nitrogen and oxygen atoms in total. The zero-order chi connectivity index (χ0) is 21.1. The third-order valence-corrected chi connectivity index (χ3v) is 5.60. The lowest BCUT2D eigenvalue weighted by Gasteiger charge is -2.33. The molecule has 8 heteroatoms. The number of nitrogens with one attached hydrogen (secondary N) is 1. The summed E-state index contributed by atoms with van der Waals surface area (Å²) in [5.41, 5.74) is 15.8. The van der Waals surface area contributed by atoms with Crippen molar-refractivity contribution in [2.75, 3.05) is 29.0 Å². The van der Waals surface area contributed by atoms with Crippen molar-refractivity contribution in [2.24, 2.45) is 5.73 Å². The lowest BCUT2D eigenvalue weighted by molar-refractivity contribution is 0.102. The van der Waals surface area contributed by atoms with Crippen LogP contribution in [0.25, 0.3) is 11.3 Å². The van der Waals surface area contributed by atoms with Gasteiger partial charge in [-0.05, 0) is 43.2 Å². The molecule has 0 bridgehead atoms.